The fourth-order valence-electron chi connectivity index (χ4n) is 26.3. The highest BCUT2D eigenvalue weighted by atomic mass is 16.6. The molecule has 7 N–H and O–H groups in total. The molecule has 6 heterocycles. The van der Waals surface area contributed by atoms with Gasteiger partial charge in [-0.05, 0) is 288 Å². The maximum Gasteiger partial charge on any atom is 0.324 e. The number of hydrogen-bond donors (Lipinski definition) is 7. The van der Waals surface area contributed by atoms with Crippen LogP contribution in [0.5, 0.6) is 17.2 Å². The summed E-state index contributed by atoms with van der Waals surface area (Å²) in [6.07, 6.45) is 6.41. The number of phenolic OH excluding ortho intramolecular Hbond substituents is 3. The van der Waals surface area contributed by atoms with Crippen LogP contribution in [0.4, 0.5) is 0 Å². The second-order valence-electron chi connectivity index (χ2n) is 57.9. The number of carbonyl (C=O) groups excluding carboxylic acids is 8. The second-order valence-corrected chi connectivity index (χ2v) is 57.9. The Balaban J connectivity index is 0.000000296. The van der Waals surface area contributed by atoms with Crippen LogP contribution in [0.3, 0.4) is 0 Å². The van der Waals surface area contributed by atoms with Gasteiger partial charge in [0.05, 0.1) is 0 Å². The molecule has 6 aliphatic rings. The van der Waals surface area contributed by atoms with Crippen LogP contribution < -0.4 is 10.6 Å². The minimum absolute atomic E-state index is 0.0370. The van der Waals surface area contributed by atoms with E-state index in [0.717, 1.165) is 57.3 Å². The monoisotopic (exact) mass is 2030 g/mol. The normalized spacial score (nSPS) is 21.6. The summed E-state index contributed by atoms with van der Waals surface area (Å²) in [5, 5.41) is 65.8. The Morgan fingerprint density at radius 1 is 0.324 bits per heavy atom. The van der Waals surface area contributed by atoms with E-state index in [4.69, 9.17) is 28.4 Å². The Morgan fingerprint density at radius 3 is 0.731 bits per heavy atom. The molecule has 2 amide bonds. The molecule has 0 radical (unpaired) electrons. The van der Waals surface area contributed by atoms with Gasteiger partial charge < -0.3 is 74.6 Å². The highest BCUT2D eigenvalue weighted by molar-refractivity contribution is 6.02. The number of unbranched alkanes of at least 4 members (excludes halogenated alkanes) is 2. The molecule has 3 aromatic rings. The van der Waals surface area contributed by atoms with Crippen LogP contribution in [0.1, 0.15) is 477 Å². The van der Waals surface area contributed by atoms with Gasteiger partial charge in [-0.1, -0.05) is 194 Å². The third kappa shape index (κ3) is 29.5. The molecule has 3 aromatic carbocycles. The van der Waals surface area contributed by atoms with Gasteiger partial charge in [-0.2, -0.15) is 10.1 Å². The van der Waals surface area contributed by atoms with Crippen molar-refractivity contribution in [3.8, 4) is 17.2 Å². The summed E-state index contributed by atoms with van der Waals surface area (Å²) in [5.74, 6) is -3.30. The van der Waals surface area contributed by atoms with Crippen molar-refractivity contribution in [2.45, 2.75) is 583 Å². The first-order chi connectivity index (χ1) is 65.1. The largest absolute Gasteiger partial charge is 0.507 e. The van der Waals surface area contributed by atoms with Crippen molar-refractivity contribution >= 4 is 47.6 Å². The summed E-state index contributed by atoms with van der Waals surface area (Å²) in [6.45, 7) is 91.7. The molecule has 9 rings (SSSR count). The molecule has 0 aliphatic carbocycles. The van der Waals surface area contributed by atoms with E-state index in [1.54, 1.807) is 13.8 Å². The molecular weight excluding hydrogens is 1830 g/mol. The van der Waals surface area contributed by atoms with E-state index >= 15 is 9.59 Å². The summed E-state index contributed by atoms with van der Waals surface area (Å²) < 4.78 is 38.5. The van der Waals surface area contributed by atoms with E-state index in [2.05, 4.69) is 66.0 Å². The number of aromatic hydroxyl groups is 3. The molecule has 6 fully saturated rings. The zero-order valence-corrected chi connectivity index (χ0v) is 99.1. The molecule has 25 nitrogen and oxygen atoms in total. The Morgan fingerprint density at radius 2 is 0.524 bits per heavy atom. The van der Waals surface area contributed by atoms with Crippen molar-refractivity contribution in [2.24, 2.45) is 22.2 Å². The second kappa shape index (κ2) is 43.4. The lowest BCUT2D eigenvalue weighted by molar-refractivity contribution is -0.263. The SMILES string of the molecule is CCCCC(Cc1cc(C(C)(C)C)c(O)c(C(C)(C)C)c1)(C(=O)OC1CC(C)(C)N(C(C)=O)C(C)(C)C1)C(=O)OC1CC(C)(C)N(C(C)=O)C(C)(C)C1.CCCCC(Cc1cc(C(C)(C)C)c(O)c(C(C)(C)C)c1)(C(=O)OC1CC(C)(C)N(O)C(C)(C)C1)C(=O)OC1CC(C)(C)N(O)C(C)(C)C1.Cc1cc(CC(C(=O)OC2CC(C)(C)NC(C)(C)C2)(C(=O)OC2CC(C)(C)NC(C)(C)C2)C(C)C)cc(C(C)(C)C)c1O. The molecule has 145 heavy (non-hydrogen) atoms. The van der Waals surface area contributed by atoms with E-state index < -0.39 is 148 Å². The smallest absolute Gasteiger partial charge is 0.324 e. The lowest BCUT2D eigenvalue weighted by atomic mass is 9.71. The van der Waals surface area contributed by atoms with Crippen molar-refractivity contribution in [1.29, 1.82) is 0 Å². The number of amides is 2. The molecule has 6 saturated heterocycles. The number of ether oxygens (including phenoxy) is 6. The number of hydrogen-bond acceptors (Lipinski definition) is 23. The number of nitrogens with zero attached hydrogens (tertiary/aromatic N) is 4. The third-order valence-corrected chi connectivity index (χ3v) is 31.5. The van der Waals surface area contributed by atoms with Gasteiger partial charge in [0.2, 0.25) is 11.8 Å². The maximum atomic E-state index is 15.1. The zero-order valence-electron chi connectivity index (χ0n) is 99.1. The molecule has 824 valence electrons. The van der Waals surface area contributed by atoms with Gasteiger partial charge in [0.25, 0.3) is 0 Å². The maximum absolute atomic E-state index is 15.1. The minimum Gasteiger partial charge on any atom is -0.507 e. The van der Waals surface area contributed by atoms with E-state index in [9.17, 15) is 54.5 Å². The molecule has 0 unspecified atom stereocenters. The van der Waals surface area contributed by atoms with Crippen molar-refractivity contribution < 1.29 is 92.5 Å². The van der Waals surface area contributed by atoms with E-state index in [-0.39, 0.29) is 101 Å². The number of hydroxylamine groups is 4. The molecule has 0 atom stereocenters. The first-order valence-corrected chi connectivity index (χ1v) is 54.1. The van der Waals surface area contributed by atoms with Crippen molar-refractivity contribution in [2.75, 3.05) is 0 Å². The standard InChI is InChI=1S/C44H72N2O7.C40H68N2O7.C36H60N2O5/c1-18-19-20-44(23-30-21-33(38(4,5)6)35(49)34(22-30)39(7,8)9,36(50)52-31-24-40(10,11)45(28(2)47)41(12,13)25-31)37(51)53-32-26-42(14,15)46(29(3)48)43(16,17)27-32;1-16-17-18-40(32(44)48-27-22-36(8,9)41(46)37(10,11)23-27,33(45)49-28-24-38(12,13)42(47)39(14,15)25-28)21-26-19-29(34(2,3)4)31(43)30(20-26)35(5,6)7;1-22(2)36(17-24-15-23(3)28(39)27(16-24)31(4,5)6,29(40)42-25-18-32(7,8)37-33(9,10)19-25)30(41)43-26-20-34(11,12)38-35(13,14)21-26/h21-22,31-32,49H,18-20,23-27H2,1-17H3;19-20,27-28,43,46-47H,16-18,21-25H2,1-15H3;15-16,22,25-26,37-39H,17-21H2,1-14H3. The first-order valence-electron chi connectivity index (χ1n) is 54.1. The summed E-state index contributed by atoms with van der Waals surface area (Å²) in [7, 11) is 0. The number of piperidine rings is 6. The number of rotatable bonds is 25. The van der Waals surface area contributed by atoms with Crippen molar-refractivity contribution in [3.63, 3.8) is 0 Å². The van der Waals surface area contributed by atoms with Gasteiger partial charge in [-0.25, -0.2) is 0 Å². The van der Waals surface area contributed by atoms with Gasteiger partial charge in [-0.3, -0.25) is 38.4 Å². The number of likely N-dealkylation sites (tertiary alicyclic amines) is 2. The molecule has 0 bridgehead atoms. The van der Waals surface area contributed by atoms with E-state index in [1.165, 1.54) is 10.1 Å². The van der Waals surface area contributed by atoms with Crippen LogP contribution in [-0.4, -0.2) is 196 Å². The van der Waals surface area contributed by atoms with Gasteiger partial charge in [0, 0.05) is 157 Å². The fraction of sp³-hybridized carbons (Fsp3) is 0.783. The molecule has 6 aliphatic heterocycles. The minimum atomic E-state index is -1.69. The Kier molecular flexibility index (Phi) is 37.2. The first kappa shape index (κ1) is 124. The molecule has 0 saturated carbocycles. The number of aryl methyl sites for hydroxylation is 1. The Bertz CT molecular complexity index is 4770. The fourth-order valence-corrected chi connectivity index (χ4v) is 26.3. The predicted octanol–water partition coefficient (Wildman–Crippen LogP) is 24.4. The Labute approximate surface area is 875 Å². The average Bonchev–Trinajstić information content (AvgIpc) is 0.706. The molecule has 25 heteroatoms. The van der Waals surface area contributed by atoms with Crippen LogP contribution in [0.15, 0.2) is 36.4 Å². The number of carbonyl (C=O) groups is 8. The van der Waals surface area contributed by atoms with Gasteiger partial charge >= 0.3 is 35.8 Å². The zero-order chi connectivity index (χ0) is 112. The lowest BCUT2D eigenvalue weighted by Crippen LogP contribution is -2.64. The highest BCUT2D eigenvalue weighted by Crippen LogP contribution is 2.53. The van der Waals surface area contributed by atoms with Crippen LogP contribution >= 0.6 is 0 Å². The molecular formula is C120H200N6O19. The Hall–Kier alpha value is -7.42. The highest BCUT2D eigenvalue weighted by Gasteiger charge is 2.61. The van der Waals surface area contributed by atoms with Crippen molar-refractivity contribution in [3.05, 3.63) is 86.5 Å². The molecule has 0 spiro atoms. The van der Waals surface area contributed by atoms with Crippen LogP contribution in [0, 0.1) is 29.1 Å². The van der Waals surface area contributed by atoms with Gasteiger partial charge in [0.1, 0.15) is 53.9 Å². The van der Waals surface area contributed by atoms with E-state index in [1.807, 2.05) is 295 Å². The van der Waals surface area contributed by atoms with Crippen molar-refractivity contribution in [1.82, 2.24) is 30.6 Å². The summed E-state index contributed by atoms with van der Waals surface area (Å²) in [5.41, 5.74) is -5.99. The van der Waals surface area contributed by atoms with E-state index in [0.29, 0.717) is 95.5 Å². The quantitative estimate of drug-likeness (QED) is 0.0235. The van der Waals surface area contributed by atoms with Crippen LogP contribution in [-0.2, 0) is 113 Å². The number of benzene rings is 3. The summed E-state index contributed by atoms with van der Waals surface area (Å²) in [4.78, 5) is 118. The van der Waals surface area contributed by atoms with Gasteiger partial charge in [0.15, 0.2) is 16.2 Å². The predicted molar refractivity (Wildman–Crippen MR) is 577 cm³/mol. The van der Waals surface area contributed by atoms with Crippen LogP contribution in [0.2, 0.25) is 0 Å². The van der Waals surface area contributed by atoms with Gasteiger partial charge in [-0.15, -0.1) is 0 Å². The third-order valence-electron chi connectivity index (χ3n) is 31.5. The topological polar surface area (TPSA) is 330 Å². The average molecular weight is 2030 g/mol. The number of esters is 6. The lowest BCUT2D eigenvalue weighted by Gasteiger charge is -2.55. The number of phenols is 3. The summed E-state index contributed by atoms with van der Waals surface area (Å²) >= 11 is 0. The summed E-state index contributed by atoms with van der Waals surface area (Å²) in [6, 6.07) is 11.5. The van der Waals surface area contributed by atoms with Crippen LogP contribution in [0.25, 0.3) is 0 Å². The number of nitrogens with one attached hydrogen (secondary N) is 2. The molecule has 0 aromatic heterocycles.